The fourth-order valence-electron chi connectivity index (χ4n) is 3.18. The van der Waals surface area contributed by atoms with Gasteiger partial charge in [-0.2, -0.15) is 0 Å². The fraction of sp³-hybridized carbons (Fsp3) is 0.474. The lowest BCUT2D eigenvalue weighted by Crippen LogP contribution is -2.10. The smallest absolute Gasteiger partial charge is 0.341 e. The molecule has 2 aromatic rings. The molecule has 0 bridgehead atoms. The third-order valence-corrected chi connectivity index (χ3v) is 4.37. The second kappa shape index (κ2) is 9.12. The van der Waals surface area contributed by atoms with Gasteiger partial charge in [-0.3, -0.25) is 0 Å². The molecule has 0 saturated heterocycles. The van der Waals surface area contributed by atoms with Crippen LogP contribution in [0.5, 0.6) is 5.75 Å². The van der Waals surface area contributed by atoms with Crippen molar-refractivity contribution in [3.63, 3.8) is 0 Å². The lowest BCUT2D eigenvalue weighted by molar-refractivity contribution is 0.0597. The first-order valence-corrected chi connectivity index (χ1v) is 8.78. The Hall–Kier alpha value is -2.70. The van der Waals surface area contributed by atoms with Gasteiger partial charge in [0.1, 0.15) is 22.8 Å². The van der Waals surface area contributed by atoms with Gasteiger partial charge >= 0.3 is 5.97 Å². The molecule has 140 valence electrons. The van der Waals surface area contributed by atoms with Crippen molar-refractivity contribution in [1.29, 1.82) is 0 Å². The number of carbonyl (C=O) groups is 1. The number of aromatic nitrogens is 2. The Bertz CT molecular complexity index is 764. The molecule has 0 atom stereocenters. The van der Waals surface area contributed by atoms with Gasteiger partial charge in [-0.15, -0.1) is 4.91 Å². The number of benzene rings is 1. The molecule has 7 heteroatoms. The maximum Gasteiger partial charge on any atom is 0.341 e. The number of imidazole rings is 1. The van der Waals surface area contributed by atoms with E-state index in [9.17, 15) is 9.70 Å². The van der Waals surface area contributed by atoms with Crippen molar-refractivity contribution in [3.8, 4) is 11.4 Å². The van der Waals surface area contributed by atoms with E-state index in [1.54, 1.807) is 18.5 Å². The zero-order valence-corrected chi connectivity index (χ0v) is 15.7. The van der Waals surface area contributed by atoms with Crippen molar-refractivity contribution in [2.75, 3.05) is 14.2 Å². The maximum atomic E-state index is 11.9. The maximum absolute atomic E-state index is 11.9. The number of hydrogen-bond donors (Lipinski definition) is 0. The van der Waals surface area contributed by atoms with E-state index in [2.05, 4.69) is 24.0 Å². The van der Waals surface area contributed by atoms with E-state index in [-0.39, 0.29) is 17.2 Å². The average Bonchev–Trinajstić information content (AvgIpc) is 3.15. The number of nitrogens with zero attached hydrogens (tertiary/aromatic N) is 3. The summed E-state index contributed by atoms with van der Waals surface area (Å²) in [5.41, 5.74) is 0.833. The van der Waals surface area contributed by atoms with Crippen LogP contribution < -0.4 is 4.74 Å². The van der Waals surface area contributed by atoms with E-state index in [1.165, 1.54) is 20.3 Å². The van der Waals surface area contributed by atoms with E-state index in [4.69, 9.17) is 9.47 Å². The van der Waals surface area contributed by atoms with Crippen LogP contribution in [0.1, 0.15) is 61.6 Å². The summed E-state index contributed by atoms with van der Waals surface area (Å²) in [4.78, 5) is 27.9. The van der Waals surface area contributed by atoms with Crippen molar-refractivity contribution < 1.29 is 14.3 Å². The number of nitroso groups, excluding NO2 is 1. The Morgan fingerprint density at radius 3 is 2.46 bits per heavy atom. The van der Waals surface area contributed by atoms with Gasteiger partial charge in [-0.25, -0.2) is 9.78 Å². The topological polar surface area (TPSA) is 82.8 Å². The highest BCUT2D eigenvalue weighted by Gasteiger charge is 2.22. The molecule has 0 spiro atoms. The predicted molar refractivity (Wildman–Crippen MR) is 99.5 cm³/mol. The van der Waals surface area contributed by atoms with Crippen molar-refractivity contribution in [2.24, 2.45) is 5.18 Å². The Morgan fingerprint density at radius 2 is 1.92 bits per heavy atom. The Morgan fingerprint density at radius 1 is 1.23 bits per heavy atom. The van der Waals surface area contributed by atoms with Gasteiger partial charge in [0.05, 0.1) is 19.9 Å². The molecule has 26 heavy (non-hydrogen) atoms. The van der Waals surface area contributed by atoms with Crippen LogP contribution >= 0.6 is 0 Å². The van der Waals surface area contributed by atoms with E-state index in [0.717, 1.165) is 31.5 Å². The quantitative estimate of drug-likeness (QED) is 0.476. The molecule has 0 fully saturated rings. The molecule has 0 N–H and O–H groups in total. The van der Waals surface area contributed by atoms with Gasteiger partial charge in [0, 0.05) is 24.4 Å². The summed E-state index contributed by atoms with van der Waals surface area (Å²) < 4.78 is 11.9. The molecule has 0 amide bonds. The number of hydrogen-bond acceptors (Lipinski definition) is 6. The number of esters is 1. The highest BCUT2D eigenvalue weighted by molar-refractivity contribution is 5.94. The van der Waals surface area contributed by atoms with Crippen LogP contribution in [0.15, 0.2) is 29.7 Å². The molecule has 2 rings (SSSR count). The molecule has 1 heterocycles. The number of ether oxygens (including phenoxy) is 2. The van der Waals surface area contributed by atoms with Crippen LogP contribution in [-0.2, 0) is 4.74 Å². The van der Waals surface area contributed by atoms with E-state index >= 15 is 0 Å². The highest BCUT2D eigenvalue weighted by Crippen LogP contribution is 2.35. The molecule has 1 aromatic heterocycles. The van der Waals surface area contributed by atoms with Gasteiger partial charge < -0.3 is 14.0 Å². The van der Waals surface area contributed by atoms with Crippen molar-refractivity contribution in [3.05, 3.63) is 40.8 Å². The second-order valence-electron chi connectivity index (χ2n) is 6.05. The first-order chi connectivity index (χ1) is 12.6. The largest absolute Gasteiger partial charge is 0.496 e. The summed E-state index contributed by atoms with van der Waals surface area (Å²) in [6, 6.07) is 3.02. The van der Waals surface area contributed by atoms with E-state index in [1.807, 2.05) is 4.57 Å². The number of rotatable bonds is 9. The predicted octanol–water partition coefficient (Wildman–Crippen LogP) is 4.75. The zero-order chi connectivity index (χ0) is 19.1. The molecule has 7 nitrogen and oxygen atoms in total. The lowest BCUT2D eigenvalue weighted by Gasteiger charge is -2.19. The molecule has 0 aliphatic rings. The first-order valence-electron chi connectivity index (χ1n) is 8.78. The summed E-state index contributed by atoms with van der Waals surface area (Å²) in [5.74, 6) is 0.901. The van der Waals surface area contributed by atoms with Gasteiger partial charge in [0.25, 0.3) is 0 Å². The van der Waals surface area contributed by atoms with Crippen LogP contribution in [0.4, 0.5) is 5.69 Å². The monoisotopic (exact) mass is 359 g/mol. The van der Waals surface area contributed by atoms with Gasteiger partial charge in [0.2, 0.25) is 0 Å². The molecule has 0 radical (unpaired) electrons. The summed E-state index contributed by atoms with van der Waals surface area (Å²) in [6.45, 7) is 4.28. The van der Waals surface area contributed by atoms with Crippen molar-refractivity contribution in [1.82, 2.24) is 9.55 Å². The third kappa shape index (κ3) is 3.92. The van der Waals surface area contributed by atoms with Crippen LogP contribution in [0, 0.1) is 4.91 Å². The third-order valence-electron chi connectivity index (χ3n) is 4.37. The fourth-order valence-corrected chi connectivity index (χ4v) is 3.18. The van der Waals surface area contributed by atoms with Crippen molar-refractivity contribution >= 4 is 11.7 Å². The van der Waals surface area contributed by atoms with Crippen LogP contribution in [0.2, 0.25) is 0 Å². The van der Waals surface area contributed by atoms with E-state index in [0.29, 0.717) is 11.4 Å². The van der Waals surface area contributed by atoms with Crippen LogP contribution in [0.3, 0.4) is 0 Å². The molecular weight excluding hydrogens is 334 g/mol. The minimum atomic E-state index is -0.584. The van der Waals surface area contributed by atoms with Crippen LogP contribution in [0.25, 0.3) is 5.69 Å². The van der Waals surface area contributed by atoms with Crippen LogP contribution in [-0.4, -0.2) is 29.7 Å². The molecule has 0 aliphatic carbocycles. The summed E-state index contributed by atoms with van der Waals surface area (Å²) in [6.07, 6.45) is 7.61. The molecule has 0 unspecified atom stereocenters. The molecule has 0 saturated carbocycles. The minimum Gasteiger partial charge on any atom is -0.496 e. The lowest BCUT2D eigenvalue weighted by atomic mass is 9.97. The average molecular weight is 359 g/mol. The summed E-state index contributed by atoms with van der Waals surface area (Å²) in [5, 5.41) is 3.11. The van der Waals surface area contributed by atoms with Gasteiger partial charge in [-0.1, -0.05) is 26.7 Å². The van der Waals surface area contributed by atoms with E-state index < -0.39 is 5.97 Å². The summed E-state index contributed by atoms with van der Waals surface area (Å²) >= 11 is 0. The van der Waals surface area contributed by atoms with Gasteiger partial charge in [0.15, 0.2) is 0 Å². The number of carbonyl (C=O) groups excluding carboxylic acids is 1. The summed E-state index contributed by atoms with van der Waals surface area (Å²) in [7, 11) is 2.74. The molecular formula is C19H25N3O4. The number of methoxy groups -OCH3 is 2. The highest BCUT2D eigenvalue weighted by atomic mass is 16.5. The second-order valence-corrected chi connectivity index (χ2v) is 6.05. The standard InChI is InChI=1S/C19H25N3O4/c1-5-7-13(8-6-2)18-20-9-10-22(18)16-12-17(25-3)14(19(23)26-4)11-15(16)21-24/h9-13H,5-8H2,1-4H3. The molecule has 1 aromatic carbocycles. The first kappa shape index (κ1) is 19.6. The Labute approximate surface area is 153 Å². The Balaban J connectivity index is 2.60. The van der Waals surface area contributed by atoms with Gasteiger partial charge in [-0.05, 0) is 24.1 Å². The van der Waals surface area contributed by atoms with Crippen molar-refractivity contribution in [2.45, 2.75) is 45.4 Å². The molecule has 0 aliphatic heterocycles. The zero-order valence-electron chi connectivity index (χ0n) is 15.7. The normalized spacial score (nSPS) is 10.8. The Kier molecular flexibility index (Phi) is 6.89. The minimum absolute atomic E-state index is 0.136. The SMILES string of the molecule is CCCC(CCC)c1nccn1-c1cc(OC)c(C(=O)OC)cc1N=O.